The summed E-state index contributed by atoms with van der Waals surface area (Å²) >= 11 is 11.0. The molecule has 0 aliphatic rings. The summed E-state index contributed by atoms with van der Waals surface area (Å²) in [6.45, 7) is 2.72. The van der Waals surface area contributed by atoms with Crippen LogP contribution in [0.4, 0.5) is 5.69 Å². The number of thiophene rings is 1. The quantitative estimate of drug-likeness (QED) is 0.696. The molecule has 3 nitrogen and oxygen atoms in total. The lowest BCUT2D eigenvalue weighted by Crippen LogP contribution is -1.96. The van der Waals surface area contributed by atoms with Gasteiger partial charge in [-0.05, 0) is 47.1 Å². The van der Waals surface area contributed by atoms with Gasteiger partial charge in [-0.2, -0.15) is 0 Å². The third kappa shape index (κ3) is 2.78. The second kappa shape index (κ2) is 5.15. The molecule has 0 unspecified atom stereocenters. The Morgan fingerprint density at radius 1 is 1.42 bits per heavy atom. The maximum Gasteiger partial charge on any atom is 0.107 e. The molecule has 2 heterocycles. The normalized spacial score (nSPS) is 11.1. The maximum atomic E-state index is 6.02. The lowest BCUT2D eigenvalue weighted by Gasteiger charge is -2.04. The van der Waals surface area contributed by atoms with Gasteiger partial charge in [0.05, 0.1) is 11.0 Å². The monoisotopic (exact) mass is 355 g/mol. The van der Waals surface area contributed by atoms with Crippen LogP contribution >= 0.6 is 38.9 Å². The van der Waals surface area contributed by atoms with Gasteiger partial charge in [-0.1, -0.05) is 11.6 Å². The molecule has 0 spiro atoms. The first-order chi connectivity index (χ1) is 9.11. The molecule has 0 saturated carbocycles. The van der Waals surface area contributed by atoms with Crippen molar-refractivity contribution in [2.45, 2.75) is 13.5 Å². The van der Waals surface area contributed by atoms with Crippen molar-refractivity contribution in [1.82, 2.24) is 9.97 Å². The van der Waals surface area contributed by atoms with Gasteiger partial charge < -0.3 is 10.3 Å². The van der Waals surface area contributed by atoms with E-state index in [0.717, 1.165) is 37.9 Å². The number of nitrogens with one attached hydrogen (secondary N) is 2. The van der Waals surface area contributed by atoms with E-state index in [0.29, 0.717) is 0 Å². The molecule has 0 fully saturated rings. The predicted octanol–water partition coefficient (Wildman–Crippen LogP) is 4.96. The number of rotatable bonds is 3. The third-order valence-corrected chi connectivity index (χ3v) is 5.24. The second-order valence-corrected chi connectivity index (χ2v) is 6.84. The summed E-state index contributed by atoms with van der Waals surface area (Å²) in [6.07, 6.45) is 0. The average molecular weight is 357 g/mol. The van der Waals surface area contributed by atoms with Crippen LogP contribution in [0.5, 0.6) is 0 Å². The number of aromatic amines is 1. The SMILES string of the molecule is Cc1nc2ccc(NCc3cc(Br)c(Cl)s3)cc2[nH]1. The topological polar surface area (TPSA) is 40.7 Å². The van der Waals surface area contributed by atoms with Gasteiger partial charge in [0.15, 0.2) is 0 Å². The second-order valence-electron chi connectivity index (χ2n) is 4.24. The summed E-state index contributed by atoms with van der Waals surface area (Å²) in [4.78, 5) is 8.81. The predicted molar refractivity (Wildman–Crippen MR) is 85.2 cm³/mol. The number of H-pyrrole nitrogens is 1. The van der Waals surface area contributed by atoms with Crippen molar-refractivity contribution < 1.29 is 0 Å². The van der Waals surface area contributed by atoms with E-state index in [1.807, 2.05) is 25.1 Å². The molecule has 0 atom stereocenters. The fourth-order valence-corrected chi connectivity index (χ4v) is 3.65. The zero-order valence-corrected chi connectivity index (χ0v) is 13.3. The van der Waals surface area contributed by atoms with Crippen molar-refractivity contribution in [2.24, 2.45) is 0 Å². The summed E-state index contributed by atoms with van der Waals surface area (Å²) in [5.41, 5.74) is 3.11. The molecule has 3 aromatic rings. The van der Waals surface area contributed by atoms with Gasteiger partial charge >= 0.3 is 0 Å². The van der Waals surface area contributed by atoms with E-state index in [1.165, 1.54) is 4.88 Å². The number of hydrogen-bond donors (Lipinski definition) is 2. The van der Waals surface area contributed by atoms with E-state index in [1.54, 1.807) is 11.3 Å². The van der Waals surface area contributed by atoms with E-state index >= 15 is 0 Å². The molecular weight excluding hydrogens is 346 g/mol. The average Bonchev–Trinajstić information content (AvgIpc) is 2.88. The zero-order chi connectivity index (χ0) is 13.4. The smallest absolute Gasteiger partial charge is 0.107 e. The van der Waals surface area contributed by atoms with Crippen LogP contribution in [0, 0.1) is 6.92 Å². The molecule has 2 N–H and O–H groups in total. The van der Waals surface area contributed by atoms with Gasteiger partial charge in [-0.25, -0.2) is 4.98 Å². The van der Waals surface area contributed by atoms with Gasteiger partial charge in [0.2, 0.25) is 0 Å². The van der Waals surface area contributed by atoms with E-state index in [2.05, 4.69) is 37.3 Å². The lowest BCUT2D eigenvalue weighted by atomic mass is 10.2. The number of halogens is 2. The highest BCUT2D eigenvalue weighted by molar-refractivity contribution is 9.10. The van der Waals surface area contributed by atoms with E-state index in [9.17, 15) is 0 Å². The van der Waals surface area contributed by atoms with Crippen LogP contribution in [0.3, 0.4) is 0 Å². The Morgan fingerprint density at radius 2 is 2.26 bits per heavy atom. The van der Waals surface area contributed by atoms with E-state index < -0.39 is 0 Å². The van der Waals surface area contributed by atoms with E-state index in [-0.39, 0.29) is 0 Å². The highest BCUT2D eigenvalue weighted by Crippen LogP contribution is 2.32. The first-order valence-corrected chi connectivity index (χ1v) is 7.74. The van der Waals surface area contributed by atoms with Gasteiger partial charge in [-0.3, -0.25) is 0 Å². The van der Waals surface area contributed by atoms with Crippen LogP contribution in [0.1, 0.15) is 10.7 Å². The van der Waals surface area contributed by atoms with Crippen molar-refractivity contribution in [1.29, 1.82) is 0 Å². The molecule has 0 bridgehead atoms. The molecule has 98 valence electrons. The number of anilines is 1. The molecule has 2 aromatic heterocycles. The van der Waals surface area contributed by atoms with Gasteiger partial charge in [0.25, 0.3) is 0 Å². The number of fused-ring (bicyclic) bond motifs is 1. The van der Waals surface area contributed by atoms with Crippen LogP contribution in [0.15, 0.2) is 28.7 Å². The minimum atomic E-state index is 0.759. The molecule has 3 rings (SSSR count). The number of nitrogens with zero attached hydrogens (tertiary/aromatic N) is 1. The van der Waals surface area contributed by atoms with Crippen LogP contribution in [0.2, 0.25) is 4.34 Å². The Hall–Kier alpha value is -1.04. The Kier molecular flexibility index (Phi) is 3.52. The highest BCUT2D eigenvalue weighted by Gasteiger charge is 2.05. The van der Waals surface area contributed by atoms with Crippen LogP contribution < -0.4 is 5.32 Å². The number of hydrogen-bond acceptors (Lipinski definition) is 3. The Balaban J connectivity index is 1.77. The summed E-state index contributed by atoms with van der Waals surface area (Å²) in [5.74, 6) is 0.932. The number of imidazole rings is 1. The first-order valence-electron chi connectivity index (χ1n) is 5.76. The molecule has 19 heavy (non-hydrogen) atoms. The number of aromatic nitrogens is 2. The number of aryl methyl sites for hydroxylation is 1. The standard InChI is InChI=1S/C13H11BrClN3S/c1-7-17-11-3-2-8(4-12(11)18-7)16-6-9-5-10(14)13(15)19-9/h2-5,16H,6H2,1H3,(H,17,18). The van der Waals surface area contributed by atoms with Crippen molar-refractivity contribution in [3.63, 3.8) is 0 Å². The first kappa shape index (κ1) is 13.0. The summed E-state index contributed by atoms with van der Waals surface area (Å²) in [6, 6.07) is 8.16. The van der Waals surface area contributed by atoms with Crippen molar-refractivity contribution in [3.8, 4) is 0 Å². The zero-order valence-electron chi connectivity index (χ0n) is 10.1. The summed E-state index contributed by atoms with van der Waals surface area (Å²) in [7, 11) is 0. The summed E-state index contributed by atoms with van der Waals surface area (Å²) in [5, 5.41) is 3.39. The molecular formula is C13H11BrClN3S. The molecule has 0 radical (unpaired) electrons. The van der Waals surface area contributed by atoms with Crippen molar-refractivity contribution in [2.75, 3.05) is 5.32 Å². The van der Waals surface area contributed by atoms with Crippen LogP contribution in [0.25, 0.3) is 11.0 Å². The highest BCUT2D eigenvalue weighted by atomic mass is 79.9. The summed E-state index contributed by atoms with van der Waals surface area (Å²) < 4.78 is 1.74. The minimum Gasteiger partial charge on any atom is -0.380 e. The van der Waals surface area contributed by atoms with Crippen LogP contribution in [-0.4, -0.2) is 9.97 Å². The van der Waals surface area contributed by atoms with Crippen molar-refractivity contribution >= 4 is 55.6 Å². The molecule has 0 aliphatic heterocycles. The molecule has 0 saturated heterocycles. The molecule has 1 aromatic carbocycles. The third-order valence-electron chi connectivity index (χ3n) is 2.76. The Morgan fingerprint density at radius 3 is 3.00 bits per heavy atom. The fourth-order valence-electron chi connectivity index (χ4n) is 1.91. The molecule has 0 aliphatic carbocycles. The lowest BCUT2D eigenvalue weighted by molar-refractivity contribution is 1.17. The van der Waals surface area contributed by atoms with Crippen LogP contribution in [-0.2, 0) is 6.54 Å². The minimum absolute atomic E-state index is 0.759. The van der Waals surface area contributed by atoms with Gasteiger partial charge in [0.1, 0.15) is 10.2 Å². The van der Waals surface area contributed by atoms with E-state index in [4.69, 9.17) is 11.6 Å². The largest absolute Gasteiger partial charge is 0.380 e. The Bertz CT molecular complexity index is 715. The fraction of sp³-hybridized carbons (Fsp3) is 0.154. The maximum absolute atomic E-state index is 6.02. The molecule has 6 heteroatoms. The van der Waals surface area contributed by atoms with Gasteiger partial charge in [-0.15, -0.1) is 11.3 Å². The van der Waals surface area contributed by atoms with Crippen molar-refractivity contribution in [3.05, 3.63) is 43.8 Å². The Labute approximate surface area is 128 Å². The van der Waals surface area contributed by atoms with Gasteiger partial charge in [0, 0.05) is 21.6 Å². The number of benzene rings is 1. The molecule has 0 amide bonds.